The van der Waals surface area contributed by atoms with Gasteiger partial charge < -0.3 is 14.2 Å². The summed E-state index contributed by atoms with van der Waals surface area (Å²) in [7, 11) is 1.21. The van der Waals surface area contributed by atoms with E-state index in [2.05, 4.69) is 14.2 Å². The molecular formula is C10H8F2O4. The summed E-state index contributed by atoms with van der Waals surface area (Å²) >= 11 is 0. The number of alkyl halides is 2. The monoisotopic (exact) mass is 230 g/mol. The smallest absolute Gasteiger partial charge is 0.465 e. The topological polar surface area (TPSA) is 44.8 Å². The van der Waals surface area contributed by atoms with Gasteiger partial charge in [-0.15, -0.1) is 8.78 Å². The third-order valence-electron chi connectivity index (χ3n) is 2.11. The van der Waals surface area contributed by atoms with E-state index in [0.717, 1.165) is 6.07 Å². The number of esters is 1. The van der Waals surface area contributed by atoms with E-state index in [1.54, 1.807) is 0 Å². The Kier molecular flexibility index (Phi) is 2.22. The first-order valence-electron chi connectivity index (χ1n) is 4.42. The molecule has 0 bridgehead atoms. The van der Waals surface area contributed by atoms with Gasteiger partial charge in [-0.3, -0.25) is 0 Å². The normalized spacial score (nSPS) is 16.0. The van der Waals surface area contributed by atoms with Crippen molar-refractivity contribution in [3.63, 3.8) is 0 Å². The highest BCUT2D eigenvalue weighted by molar-refractivity contribution is 5.90. The maximum Gasteiger partial charge on any atom is 0.586 e. The van der Waals surface area contributed by atoms with Gasteiger partial charge in [0.2, 0.25) is 0 Å². The second kappa shape index (κ2) is 3.33. The van der Waals surface area contributed by atoms with Crippen LogP contribution in [-0.4, -0.2) is 19.4 Å². The number of methoxy groups -OCH3 is 1. The SMILES string of the molecule is COC(=O)c1cc(C)c2c(c1)OC(F)(F)O2. The van der Waals surface area contributed by atoms with Crippen molar-refractivity contribution in [1.82, 2.24) is 0 Å². The Morgan fingerprint density at radius 3 is 2.69 bits per heavy atom. The Bertz CT molecular complexity index is 456. The second-order valence-corrected chi connectivity index (χ2v) is 3.28. The number of fused-ring (bicyclic) bond motifs is 1. The predicted octanol–water partition coefficient (Wildman–Crippen LogP) is 2.10. The summed E-state index contributed by atoms with van der Waals surface area (Å²) in [6.45, 7) is 1.54. The van der Waals surface area contributed by atoms with Crippen LogP contribution in [0.4, 0.5) is 8.78 Å². The van der Waals surface area contributed by atoms with E-state index in [4.69, 9.17) is 0 Å². The minimum atomic E-state index is -3.68. The summed E-state index contributed by atoms with van der Waals surface area (Å²) in [6, 6.07) is 2.56. The Labute approximate surface area is 89.7 Å². The fourth-order valence-corrected chi connectivity index (χ4v) is 1.45. The molecular weight excluding hydrogens is 222 g/mol. The average Bonchev–Trinajstić information content (AvgIpc) is 2.52. The van der Waals surface area contributed by atoms with Gasteiger partial charge in [0, 0.05) is 0 Å². The molecule has 16 heavy (non-hydrogen) atoms. The van der Waals surface area contributed by atoms with E-state index in [-0.39, 0.29) is 17.1 Å². The third kappa shape index (κ3) is 1.66. The van der Waals surface area contributed by atoms with Gasteiger partial charge in [0.25, 0.3) is 0 Å². The summed E-state index contributed by atoms with van der Waals surface area (Å²) in [5.41, 5.74) is 0.523. The van der Waals surface area contributed by atoms with Gasteiger partial charge in [-0.25, -0.2) is 4.79 Å². The highest BCUT2D eigenvalue weighted by Gasteiger charge is 2.44. The van der Waals surface area contributed by atoms with Crippen LogP contribution in [0.5, 0.6) is 11.5 Å². The van der Waals surface area contributed by atoms with E-state index in [9.17, 15) is 13.6 Å². The molecule has 0 fully saturated rings. The van der Waals surface area contributed by atoms with Gasteiger partial charge in [0.15, 0.2) is 11.5 Å². The molecule has 0 radical (unpaired) electrons. The molecule has 0 N–H and O–H groups in total. The lowest BCUT2D eigenvalue weighted by Crippen LogP contribution is -2.26. The summed E-state index contributed by atoms with van der Waals surface area (Å²) in [5, 5.41) is 0. The zero-order valence-electron chi connectivity index (χ0n) is 8.54. The van der Waals surface area contributed by atoms with Crippen LogP contribution >= 0.6 is 0 Å². The Hall–Kier alpha value is -1.85. The Morgan fingerprint density at radius 1 is 1.38 bits per heavy atom. The largest absolute Gasteiger partial charge is 0.586 e. The summed E-state index contributed by atoms with van der Waals surface area (Å²) in [4.78, 5) is 11.2. The van der Waals surface area contributed by atoms with Crippen molar-refractivity contribution in [1.29, 1.82) is 0 Å². The fourth-order valence-electron chi connectivity index (χ4n) is 1.45. The first-order valence-corrected chi connectivity index (χ1v) is 4.42. The summed E-state index contributed by atoms with van der Waals surface area (Å²) < 4.78 is 38.6. The molecule has 0 spiro atoms. The van der Waals surface area contributed by atoms with Crippen molar-refractivity contribution < 1.29 is 27.8 Å². The highest BCUT2D eigenvalue weighted by atomic mass is 19.3. The molecule has 0 aliphatic carbocycles. The maximum absolute atomic E-state index is 12.8. The average molecular weight is 230 g/mol. The molecule has 0 aromatic heterocycles. The van der Waals surface area contributed by atoms with Gasteiger partial charge in [0.05, 0.1) is 12.7 Å². The van der Waals surface area contributed by atoms with Crippen LogP contribution in [0.3, 0.4) is 0 Å². The molecule has 1 aromatic carbocycles. The molecule has 1 aliphatic rings. The lowest BCUT2D eigenvalue weighted by atomic mass is 10.1. The molecule has 1 heterocycles. The highest BCUT2D eigenvalue weighted by Crippen LogP contribution is 2.43. The van der Waals surface area contributed by atoms with E-state index < -0.39 is 12.3 Å². The van der Waals surface area contributed by atoms with Crippen LogP contribution in [0.2, 0.25) is 0 Å². The van der Waals surface area contributed by atoms with Gasteiger partial charge >= 0.3 is 12.3 Å². The number of rotatable bonds is 1. The molecule has 1 aromatic rings. The van der Waals surface area contributed by atoms with Crippen LogP contribution in [0.25, 0.3) is 0 Å². The number of halogens is 2. The number of ether oxygens (including phenoxy) is 3. The van der Waals surface area contributed by atoms with Crippen LogP contribution in [0.15, 0.2) is 12.1 Å². The zero-order valence-corrected chi connectivity index (χ0v) is 8.54. The van der Waals surface area contributed by atoms with Crippen molar-refractivity contribution in [3.05, 3.63) is 23.3 Å². The van der Waals surface area contributed by atoms with Crippen LogP contribution in [0.1, 0.15) is 15.9 Å². The lowest BCUT2D eigenvalue weighted by Gasteiger charge is -2.04. The molecule has 1 aliphatic heterocycles. The van der Waals surface area contributed by atoms with Crippen molar-refractivity contribution in [3.8, 4) is 11.5 Å². The number of hydrogen-bond acceptors (Lipinski definition) is 4. The molecule has 4 nitrogen and oxygen atoms in total. The maximum atomic E-state index is 12.8. The Morgan fingerprint density at radius 2 is 2.06 bits per heavy atom. The van der Waals surface area contributed by atoms with Gasteiger partial charge in [-0.2, -0.15) is 0 Å². The van der Waals surface area contributed by atoms with Crippen molar-refractivity contribution in [2.75, 3.05) is 7.11 Å². The van der Waals surface area contributed by atoms with Crippen LogP contribution in [0, 0.1) is 6.92 Å². The molecule has 0 atom stereocenters. The summed E-state index contributed by atoms with van der Waals surface area (Å²) in [6.07, 6.45) is -3.68. The van der Waals surface area contributed by atoms with E-state index in [0.29, 0.717) is 5.56 Å². The van der Waals surface area contributed by atoms with Gasteiger partial charge in [-0.05, 0) is 24.6 Å². The molecule has 86 valence electrons. The molecule has 0 saturated heterocycles. The van der Waals surface area contributed by atoms with E-state index >= 15 is 0 Å². The molecule has 6 heteroatoms. The second-order valence-electron chi connectivity index (χ2n) is 3.28. The summed E-state index contributed by atoms with van der Waals surface area (Å²) in [5.74, 6) is -0.840. The first-order chi connectivity index (χ1) is 7.43. The standard InChI is InChI=1S/C10H8F2O4/c1-5-3-6(9(13)14-2)4-7-8(5)16-10(11,12)15-7/h3-4H,1-2H3. The van der Waals surface area contributed by atoms with Crippen molar-refractivity contribution in [2.24, 2.45) is 0 Å². The zero-order chi connectivity index (χ0) is 11.9. The van der Waals surface area contributed by atoms with Crippen LogP contribution < -0.4 is 9.47 Å². The first kappa shape index (κ1) is 10.7. The minimum absolute atomic E-state index is 0.0577. The third-order valence-corrected chi connectivity index (χ3v) is 2.11. The predicted molar refractivity (Wildman–Crippen MR) is 48.7 cm³/mol. The lowest BCUT2D eigenvalue weighted by molar-refractivity contribution is -0.286. The minimum Gasteiger partial charge on any atom is -0.465 e. The van der Waals surface area contributed by atoms with E-state index in [1.165, 1.54) is 20.1 Å². The molecule has 0 amide bonds. The van der Waals surface area contributed by atoms with Crippen molar-refractivity contribution >= 4 is 5.97 Å². The molecule has 2 rings (SSSR count). The van der Waals surface area contributed by atoms with E-state index in [1.807, 2.05) is 0 Å². The van der Waals surface area contributed by atoms with Crippen molar-refractivity contribution in [2.45, 2.75) is 13.2 Å². The fraction of sp³-hybridized carbons (Fsp3) is 0.300. The van der Waals surface area contributed by atoms with Crippen LogP contribution in [-0.2, 0) is 4.74 Å². The number of benzene rings is 1. The number of carbonyl (C=O) groups is 1. The number of carbonyl (C=O) groups excluding carboxylic acids is 1. The molecule has 0 unspecified atom stereocenters. The van der Waals surface area contributed by atoms with Gasteiger partial charge in [-0.1, -0.05) is 0 Å². The number of hydrogen-bond donors (Lipinski definition) is 0. The Balaban J connectivity index is 2.46. The molecule has 0 saturated carbocycles. The number of aryl methyl sites for hydroxylation is 1. The van der Waals surface area contributed by atoms with Gasteiger partial charge in [0.1, 0.15) is 0 Å². The quantitative estimate of drug-likeness (QED) is 0.693.